The predicted molar refractivity (Wildman–Crippen MR) is 104 cm³/mol. The Kier molecular flexibility index (Phi) is 7.19. The summed E-state index contributed by atoms with van der Waals surface area (Å²) in [5.41, 5.74) is 1.70. The Bertz CT molecular complexity index is 884. The Labute approximate surface area is 168 Å². The molecular weight excluding hydrogens is 382 g/mol. The number of nitrogens with zero attached hydrogens (tertiary/aromatic N) is 3. The molecule has 29 heavy (non-hydrogen) atoms. The topological polar surface area (TPSA) is 84.4 Å². The Balaban J connectivity index is 2.05. The zero-order chi connectivity index (χ0) is 21.6. The standard InChI is InChI=1S/C20H24F2N4O3/c1-5-17(27)25-16-9-15(6-7-23-16)19(28)26(4)11-14-8-13(2)18(24-10-14)29-12-20(3,21)22/h6-10H,5,11-12H2,1-4H3,(H,23,25,27). The van der Waals surface area contributed by atoms with E-state index in [0.717, 1.165) is 12.5 Å². The third kappa shape index (κ3) is 6.78. The van der Waals surface area contributed by atoms with Gasteiger partial charge in [0.25, 0.3) is 11.8 Å². The summed E-state index contributed by atoms with van der Waals surface area (Å²) in [7, 11) is 1.63. The highest BCUT2D eigenvalue weighted by Gasteiger charge is 2.23. The smallest absolute Gasteiger partial charge is 0.278 e. The molecule has 0 bridgehead atoms. The number of hydrogen-bond donors (Lipinski definition) is 1. The van der Waals surface area contributed by atoms with Gasteiger partial charge in [-0.2, -0.15) is 0 Å². The average Bonchev–Trinajstić information content (AvgIpc) is 2.66. The number of nitrogens with one attached hydrogen (secondary N) is 1. The van der Waals surface area contributed by atoms with Crippen molar-refractivity contribution in [2.24, 2.45) is 0 Å². The first-order valence-corrected chi connectivity index (χ1v) is 9.06. The quantitative estimate of drug-likeness (QED) is 0.726. The van der Waals surface area contributed by atoms with Gasteiger partial charge < -0.3 is 15.0 Å². The molecule has 2 heterocycles. The van der Waals surface area contributed by atoms with E-state index in [1.165, 1.54) is 23.4 Å². The normalized spacial score (nSPS) is 11.1. The van der Waals surface area contributed by atoms with Gasteiger partial charge in [0.1, 0.15) is 5.82 Å². The molecule has 0 unspecified atom stereocenters. The largest absolute Gasteiger partial charge is 0.471 e. The number of carbonyl (C=O) groups is 2. The summed E-state index contributed by atoms with van der Waals surface area (Å²) in [5.74, 6) is -2.96. The van der Waals surface area contributed by atoms with Crippen LogP contribution < -0.4 is 10.1 Å². The van der Waals surface area contributed by atoms with Crippen molar-refractivity contribution in [2.45, 2.75) is 39.7 Å². The minimum Gasteiger partial charge on any atom is -0.471 e. The molecule has 0 aliphatic carbocycles. The molecule has 2 amide bonds. The molecule has 0 aliphatic heterocycles. The van der Waals surface area contributed by atoms with E-state index in [4.69, 9.17) is 4.74 Å². The number of amides is 2. The second kappa shape index (κ2) is 9.40. The van der Waals surface area contributed by atoms with Gasteiger partial charge in [-0.25, -0.2) is 18.7 Å². The van der Waals surface area contributed by atoms with Gasteiger partial charge in [0.15, 0.2) is 6.61 Å². The number of carbonyl (C=O) groups excluding carboxylic acids is 2. The Morgan fingerprint density at radius 3 is 2.62 bits per heavy atom. The lowest BCUT2D eigenvalue weighted by atomic mass is 10.2. The second-order valence-corrected chi connectivity index (χ2v) is 6.82. The van der Waals surface area contributed by atoms with Crippen molar-refractivity contribution in [2.75, 3.05) is 19.0 Å². The van der Waals surface area contributed by atoms with Crippen LogP contribution in [0.3, 0.4) is 0 Å². The van der Waals surface area contributed by atoms with Gasteiger partial charge in [0.05, 0.1) is 0 Å². The van der Waals surface area contributed by atoms with Gasteiger partial charge in [-0.3, -0.25) is 9.59 Å². The number of alkyl halides is 2. The molecule has 2 aromatic heterocycles. The van der Waals surface area contributed by atoms with Crippen LogP contribution in [0.1, 0.15) is 41.8 Å². The van der Waals surface area contributed by atoms with E-state index < -0.39 is 12.5 Å². The van der Waals surface area contributed by atoms with Gasteiger partial charge in [-0.1, -0.05) is 6.92 Å². The fourth-order valence-corrected chi connectivity index (χ4v) is 2.48. The minimum absolute atomic E-state index is 0.134. The summed E-state index contributed by atoms with van der Waals surface area (Å²) in [6.45, 7) is 3.70. The summed E-state index contributed by atoms with van der Waals surface area (Å²) < 4.78 is 30.9. The van der Waals surface area contributed by atoms with Crippen molar-refractivity contribution in [3.05, 3.63) is 47.3 Å². The molecule has 0 radical (unpaired) electrons. The monoisotopic (exact) mass is 406 g/mol. The van der Waals surface area contributed by atoms with E-state index >= 15 is 0 Å². The molecule has 0 fully saturated rings. The van der Waals surface area contributed by atoms with Crippen LogP contribution in [0, 0.1) is 6.92 Å². The molecule has 0 saturated heterocycles. The van der Waals surface area contributed by atoms with Crippen molar-refractivity contribution in [1.82, 2.24) is 14.9 Å². The van der Waals surface area contributed by atoms with Crippen LogP contribution in [0.25, 0.3) is 0 Å². The average molecular weight is 406 g/mol. The zero-order valence-electron chi connectivity index (χ0n) is 16.8. The number of pyridine rings is 2. The molecule has 0 aliphatic rings. The van der Waals surface area contributed by atoms with Crippen LogP contribution in [0.15, 0.2) is 30.6 Å². The Morgan fingerprint density at radius 2 is 2.00 bits per heavy atom. The number of rotatable bonds is 8. The predicted octanol–water partition coefficient (Wildman–Crippen LogP) is 3.44. The van der Waals surface area contributed by atoms with E-state index in [-0.39, 0.29) is 24.2 Å². The summed E-state index contributed by atoms with van der Waals surface area (Å²) in [6, 6.07) is 4.81. The number of aromatic nitrogens is 2. The summed E-state index contributed by atoms with van der Waals surface area (Å²) in [4.78, 5) is 33.8. The van der Waals surface area contributed by atoms with Crippen molar-refractivity contribution in [3.63, 3.8) is 0 Å². The van der Waals surface area contributed by atoms with Gasteiger partial charge in [-0.15, -0.1) is 0 Å². The molecule has 2 rings (SSSR count). The first kappa shape index (κ1) is 22.2. The fraction of sp³-hybridized carbons (Fsp3) is 0.400. The first-order valence-electron chi connectivity index (χ1n) is 9.06. The van der Waals surface area contributed by atoms with Crippen LogP contribution in [0.4, 0.5) is 14.6 Å². The second-order valence-electron chi connectivity index (χ2n) is 6.82. The lowest BCUT2D eigenvalue weighted by molar-refractivity contribution is -0.115. The highest BCUT2D eigenvalue weighted by atomic mass is 19.3. The summed E-state index contributed by atoms with van der Waals surface area (Å²) >= 11 is 0. The SMILES string of the molecule is CCC(=O)Nc1cc(C(=O)N(C)Cc2cnc(OCC(C)(F)F)c(C)c2)ccn1. The molecular formula is C20H24F2N4O3. The summed E-state index contributed by atoms with van der Waals surface area (Å²) in [5, 5.41) is 2.61. The van der Waals surface area contributed by atoms with Crippen LogP contribution in [0.2, 0.25) is 0 Å². The van der Waals surface area contributed by atoms with Crippen LogP contribution in [0.5, 0.6) is 5.88 Å². The molecule has 1 N–H and O–H groups in total. The first-order chi connectivity index (χ1) is 13.6. The molecule has 0 aromatic carbocycles. The van der Waals surface area contributed by atoms with Gasteiger partial charge in [-0.05, 0) is 30.7 Å². The van der Waals surface area contributed by atoms with Crippen molar-refractivity contribution < 1.29 is 23.1 Å². The number of ether oxygens (including phenoxy) is 1. The van der Waals surface area contributed by atoms with E-state index in [0.29, 0.717) is 23.4 Å². The maximum Gasteiger partial charge on any atom is 0.278 e. The number of halogens is 2. The molecule has 0 atom stereocenters. The van der Waals surface area contributed by atoms with Gasteiger partial charge in [0.2, 0.25) is 11.8 Å². The maximum absolute atomic E-state index is 12.9. The zero-order valence-corrected chi connectivity index (χ0v) is 16.8. The maximum atomic E-state index is 12.9. The van der Waals surface area contributed by atoms with Crippen LogP contribution in [-0.2, 0) is 11.3 Å². The van der Waals surface area contributed by atoms with Crippen LogP contribution in [-0.4, -0.2) is 46.3 Å². The van der Waals surface area contributed by atoms with E-state index in [2.05, 4.69) is 15.3 Å². The van der Waals surface area contributed by atoms with Crippen LogP contribution >= 0.6 is 0 Å². The lowest BCUT2D eigenvalue weighted by Crippen LogP contribution is -2.26. The third-order valence-corrected chi connectivity index (χ3v) is 3.91. The highest BCUT2D eigenvalue weighted by Crippen LogP contribution is 2.20. The van der Waals surface area contributed by atoms with Gasteiger partial charge >= 0.3 is 0 Å². The fourth-order valence-electron chi connectivity index (χ4n) is 2.48. The summed E-state index contributed by atoms with van der Waals surface area (Å²) in [6.07, 6.45) is 3.24. The minimum atomic E-state index is -2.95. The molecule has 0 saturated carbocycles. The van der Waals surface area contributed by atoms with E-state index in [1.807, 2.05) is 0 Å². The number of hydrogen-bond acceptors (Lipinski definition) is 5. The van der Waals surface area contributed by atoms with Crippen molar-refractivity contribution in [1.29, 1.82) is 0 Å². The van der Waals surface area contributed by atoms with Crippen molar-refractivity contribution in [3.8, 4) is 5.88 Å². The number of aryl methyl sites for hydroxylation is 1. The molecule has 2 aromatic rings. The lowest BCUT2D eigenvalue weighted by Gasteiger charge is -2.18. The molecule has 156 valence electrons. The highest BCUT2D eigenvalue weighted by molar-refractivity contribution is 5.96. The third-order valence-electron chi connectivity index (χ3n) is 3.91. The van der Waals surface area contributed by atoms with E-state index in [1.54, 1.807) is 33.0 Å². The van der Waals surface area contributed by atoms with Gasteiger partial charge in [0, 0.05) is 50.5 Å². The molecule has 7 nitrogen and oxygen atoms in total. The number of anilines is 1. The molecule has 0 spiro atoms. The van der Waals surface area contributed by atoms with E-state index in [9.17, 15) is 18.4 Å². The molecule has 9 heteroatoms. The Morgan fingerprint density at radius 1 is 1.28 bits per heavy atom. The Hall–Kier alpha value is -3.10. The van der Waals surface area contributed by atoms with Crippen molar-refractivity contribution >= 4 is 17.6 Å².